The third-order valence-electron chi connectivity index (χ3n) is 5.80. The number of sulfone groups is 1. The number of carboxylic acid groups (broad SMARTS) is 1. The number of nitrogens with zero attached hydrogens (tertiary/aromatic N) is 1. The van der Waals surface area contributed by atoms with Crippen LogP contribution in [0.4, 0.5) is 0 Å². The Morgan fingerprint density at radius 3 is 2.11 bits per heavy atom. The minimum absolute atomic E-state index is 0.0336. The monoisotopic (exact) mass is 556 g/mol. The van der Waals surface area contributed by atoms with Crippen LogP contribution in [0.2, 0.25) is 10.0 Å². The Hall–Kier alpha value is -3.59. The van der Waals surface area contributed by atoms with E-state index in [4.69, 9.17) is 23.2 Å². The molecule has 2 N–H and O–H groups in total. The summed E-state index contributed by atoms with van der Waals surface area (Å²) in [6.45, 7) is 0. The lowest BCUT2D eigenvalue weighted by Gasteiger charge is -2.36. The molecular formula is C27H22Cl2N2O5S. The van der Waals surface area contributed by atoms with Crippen LogP contribution < -0.4 is 0 Å². The molecule has 1 aromatic heterocycles. The molecule has 1 amide bonds. The SMILES string of the molecule is O=C(O)C(Cc1ccccc1)N(C(=O)c1ccc(Cl)cc1Cl)C(c1ccc[nH]1)S(=O)(=O)c1ccccc1. The van der Waals surface area contributed by atoms with E-state index in [-0.39, 0.29) is 32.6 Å². The molecule has 37 heavy (non-hydrogen) atoms. The van der Waals surface area contributed by atoms with E-state index in [1.165, 1.54) is 42.6 Å². The molecule has 2 atom stereocenters. The van der Waals surface area contributed by atoms with E-state index >= 15 is 0 Å². The molecule has 0 bridgehead atoms. The van der Waals surface area contributed by atoms with Gasteiger partial charge in [-0.3, -0.25) is 4.79 Å². The van der Waals surface area contributed by atoms with Crippen LogP contribution in [0.3, 0.4) is 0 Å². The first-order chi connectivity index (χ1) is 17.7. The molecule has 0 saturated heterocycles. The van der Waals surface area contributed by atoms with Crippen LogP contribution in [0, 0.1) is 0 Å². The molecule has 0 aliphatic carbocycles. The van der Waals surface area contributed by atoms with Gasteiger partial charge < -0.3 is 15.0 Å². The Kier molecular flexibility index (Phi) is 8.02. The van der Waals surface area contributed by atoms with Crippen LogP contribution in [-0.2, 0) is 21.1 Å². The highest BCUT2D eigenvalue weighted by Crippen LogP contribution is 2.36. The molecule has 0 saturated carbocycles. The Morgan fingerprint density at radius 2 is 1.54 bits per heavy atom. The topological polar surface area (TPSA) is 108 Å². The molecule has 0 aliphatic rings. The second-order valence-corrected chi connectivity index (χ2v) is 11.1. The maximum Gasteiger partial charge on any atom is 0.326 e. The molecule has 1 heterocycles. The molecule has 0 spiro atoms. The number of aliphatic carboxylic acids is 1. The fraction of sp³-hybridized carbons (Fsp3) is 0.111. The standard InChI is InChI=1S/C27H22Cl2N2O5S/c28-19-13-14-21(22(29)17-19)25(32)31(24(27(33)34)16-18-8-3-1-4-9-18)26(23-12-7-15-30-23)37(35,36)20-10-5-2-6-11-20/h1-15,17,24,26,30H,16H2,(H,33,34). The van der Waals surface area contributed by atoms with Gasteiger partial charge in [-0.25, -0.2) is 13.2 Å². The average Bonchev–Trinajstić information content (AvgIpc) is 3.41. The normalized spacial score (nSPS) is 13.0. The summed E-state index contributed by atoms with van der Waals surface area (Å²) in [5.74, 6) is -2.24. The van der Waals surface area contributed by atoms with Crippen LogP contribution in [-0.4, -0.2) is 41.3 Å². The summed E-state index contributed by atoms with van der Waals surface area (Å²) in [5.41, 5.74) is 0.657. The third-order valence-corrected chi connectivity index (χ3v) is 8.34. The fourth-order valence-corrected chi connectivity index (χ4v) is 6.37. The summed E-state index contributed by atoms with van der Waals surface area (Å²) in [6, 6.07) is 21.9. The molecular weight excluding hydrogens is 535 g/mol. The summed E-state index contributed by atoms with van der Waals surface area (Å²) in [7, 11) is -4.33. The maximum absolute atomic E-state index is 14.1. The van der Waals surface area contributed by atoms with Gasteiger partial charge in [-0.05, 0) is 48.0 Å². The van der Waals surface area contributed by atoms with Crippen molar-refractivity contribution in [3.63, 3.8) is 0 Å². The number of hydrogen-bond acceptors (Lipinski definition) is 4. The van der Waals surface area contributed by atoms with Crippen molar-refractivity contribution in [3.05, 3.63) is 124 Å². The van der Waals surface area contributed by atoms with Crippen molar-refractivity contribution in [3.8, 4) is 0 Å². The van der Waals surface area contributed by atoms with Gasteiger partial charge in [0.1, 0.15) is 6.04 Å². The van der Waals surface area contributed by atoms with Crippen molar-refractivity contribution in [2.75, 3.05) is 0 Å². The molecule has 190 valence electrons. The van der Waals surface area contributed by atoms with Crippen LogP contribution in [0.15, 0.2) is 102 Å². The number of H-pyrrole nitrogens is 1. The van der Waals surface area contributed by atoms with E-state index in [2.05, 4.69) is 4.98 Å². The lowest BCUT2D eigenvalue weighted by atomic mass is 10.0. The molecule has 4 aromatic rings. The van der Waals surface area contributed by atoms with Crippen molar-refractivity contribution in [1.82, 2.24) is 9.88 Å². The van der Waals surface area contributed by atoms with Gasteiger partial charge in [-0.15, -0.1) is 0 Å². The average molecular weight is 557 g/mol. The molecule has 3 aromatic carbocycles. The van der Waals surface area contributed by atoms with Crippen LogP contribution >= 0.6 is 23.2 Å². The summed E-state index contributed by atoms with van der Waals surface area (Å²) < 4.78 is 28.1. The quantitative estimate of drug-likeness (QED) is 0.277. The zero-order valence-electron chi connectivity index (χ0n) is 19.3. The maximum atomic E-state index is 14.1. The van der Waals surface area contributed by atoms with Crippen molar-refractivity contribution in [2.24, 2.45) is 0 Å². The highest BCUT2D eigenvalue weighted by Gasteiger charge is 2.44. The highest BCUT2D eigenvalue weighted by atomic mass is 35.5. The van der Waals surface area contributed by atoms with E-state index in [0.29, 0.717) is 5.56 Å². The smallest absolute Gasteiger partial charge is 0.326 e. The van der Waals surface area contributed by atoms with Gasteiger partial charge in [0.2, 0.25) is 9.84 Å². The number of rotatable bonds is 9. The number of hydrogen-bond donors (Lipinski definition) is 2. The predicted molar refractivity (Wildman–Crippen MR) is 141 cm³/mol. The summed E-state index contributed by atoms with van der Waals surface area (Å²) in [4.78, 5) is 30.5. The molecule has 10 heteroatoms. The summed E-state index contributed by atoms with van der Waals surface area (Å²) >= 11 is 12.4. The first-order valence-electron chi connectivity index (χ1n) is 11.2. The van der Waals surface area contributed by atoms with E-state index < -0.39 is 33.1 Å². The number of aromatic nitrogens is 1. The largest absolute Gasteiger partial charge is 0.480 e. The summed E-state index contributed by atoms with van der Waals surface area (Å²) in [5, 5.41) is 8.88. The van der Waals surface area contributed by atoms with Crippen molar-refractivity contribution >= 4 is 44.9 Å². The molecule has 4 rings (SSSR count). The number of halogens is 2. The van der Waals surface area contributed by atoms with Gasteiger partial charge >= 0.3 is 5.97 Å². The Bertz CT molecular complexity index is 1490. The number of amides is 1. The Balaban J connectivity index is 1.96. The second-order valence-electron chi connectivity index (χ2n) is 8.22. The molecule has 2 unspecified atom stereocenters. The van der Waals surface area contributed by atoms with Gasteiger partial charge in [0.25, 0.3) is 5.91 Å². The number of carbonyl (C=O) groups excluding carboxylic acids is 1. The number of nitrogens with one attached hydrogen (secondary N) is 1. The summed E-state index contributed by atoms with van der Waals surface area (Å²) in [6.07, 6.45) is 1.36. The van der Waals surface area contributed by atoms with Crippen molar-refractivity contribution in [1.29, 1.82) is 0 Å². The van der Waals surface area contributed by atoms with Gasteiger partial charge in [-0.2, -0.15) is 0 Å². The van der Waals surface area contributed by atoms with E-state index in [0.717, 1.165) is 4.90 Å². The lowest BCUT2D eigenvalue weighted by molar-refractivity contribution is -0.142. The highest BCUT2D eigenvalue weighted by molar-refractivity contribution is 7.91. The Labute approximate surface area is 224 Å². The number of aromatic amines is 1. The van der Waals surface area contributed by atoms with Gasteiger partial charge in [-0.1, -0.05) is 71.7 Å². The van der Waals surface area contributed by atoms with Crippen LogP contribution in [0.5, 0.6) is 0 Å². The fourth-order valence-electron chi connectivity index (χ4n) is 4.06. The molecule has 0 fully saturated rings. The minimum Gasteiger partial charge on any atom is -0.480 e. The van der Waals surface area contributed by atoms with E-state index in [1.807, 2.05) is 0 Å². The Morgan fingerprint density at radius 1 is 0.892 bits per heavy atom. The molecule has 0 radical (unpaired) electrons. The molecule has 0 aliphatic heterocycles. The number of benzene rings is 3. The first kappa shape index (κ1) is 26.5. The van der Waals surface area contributed by atoms with E-state index in [1.54, 1.807) is 54.6 Å². The zero-order valence-corrected chi connectivity index (χ0v) is 21.6. The zero-order chi connectivity index (χ0) is 26.6. The van der Waals surface area contributed by atoms with Crippen molar-refractivity contribution in [2.45, 2.75) is 22.7 Å². The van der Waals surface area contributed by atoms with Crippen LogP contribution in [0.25, 0.3) is 0 Å². The first-order valence-corrected chi connectivity index (χ1v) is 13.5. The van der Waals surface area contributed by atoms with Gasteiger partial charge in [0.15, 0.2) is 5.37 Å². The lowest BCUT2D eigenvalue weighted by Crippen LogP contribution is -2.50. The third kappa shape index (κ3) is 5.72. The van der Waals surface area contributed by atoms with Crippen molar-refractivity contribution < 1.29 is 23.1 Å². The van der Waals surface area contributed by atoms with Gasteiger partial charge in [0.05, 0.1) is 21.2 Å². The van der Waals surface area contributed by atoms with E-state index in [9.17, 15) is 23.1 Å². The predicted octanol–water partition coefficient (Wildman–Crippen LogP) is 5.63. The second kappa shape index (κ2) is 11.2. The van der Waals surface area contributed by atoms with Crippen LogP contribution in [0.1, 0.15) is 27.0 Å². The number of carbonyl (C=O) groups is 2. The molecule has 7 nitrogen and oxygen atoms in total. The van der Waals surface area contributed by atoms with Gasteiger partial charge in [0, 0.05) is 17.6 Å². The minimum atomic E-state index is -4.33. The number of carboxylic acids is 1.